The highest BCUT2D eigenvalue weighted by Crippen LogP contribution is 2.53. The van der Waals surface area contributed by atoms with Gasteiger partial charge in [0.2, 0.25) is 5.96 Å². The number of hydrogen-bond acceptors (Lipinski definition) is 7. The Bertz CT molecular complexity index is 1490. The molecule has 2 aliphatic rings. The molecule has 0 spiro atoms. The monoisotopic (exact) mass is 620 g/mol. The summed E-state index contributed by atoms with van der Waals surface area (Å²) in [4.78, 5) is 58.7. The minimum atomic E-state index is -1.87. The molecule has 2 atom stereocenters. The van der Waals surface area contributed by atoms with Crippen molar-refractivity contribution in [2.24, 2.45) is 10.9 Å². The number of carboxylic acids is 1. The average Bonchev–Trinajstić information content (AvgIpc) is 3.69. The van der Waals surface area contributed by atoms with Crippen LogP contribution >= 0.6 is 11.6 Å². The molecule has 0 aromatic heterocycles. The van der Waals surface area contributed by atoms with E-state index in [0.29, 0.717) is 18.9 Å². The van der Waals surface area contributed by atoms with E-state index in [4.69, 9.17) is 21.1 Å². The molecule has 0 saturated heterocycles. The number of nitrogens with zero attached hydrogens (tertiary/aromatic N) is 3. The van der Waals surface area contributed by atoms with E-state index < -0.39 is 65.4 Å². The first-order chi connectivity index (χ1) is 20.0. The number of alkyl carbamates (subject to hydrolysis) is 1. The number of hydrogen-bond donors (Lipinski definition) is 2. The Morgan fingerprint density at radius 2 is 1.81 bits per heavy atom. The predicted octanol–water partition coefficient (Wildman–Crippen LogP) is 5.08. The maximum atomic E-state index is 14.6. The van der Waals surface area contributed by atoms with Crippen molar-refractivity contribution in [3.05, 3.63) is 69.7 Å². The molecule has 1 aliphatic heterocycles. The van der Waals surface area contributed by atoms with Crippen molar-refractivity contribution in [2.75, 3.05) is 20.7 Å². The van der Waals surface area contributed by atoms with Gasteiger partial charge in [-0.25, -0.2) is 28.2 Å². The lowest BCUT2D eigenvalue weighted by Crippen LogP contribution is -2.50. The number of halogens is 3. The minimum absolute atomic E-state index is 0.0529. The predicted molar refractivity (Wildman–Crippen MR) is 151 cm³/mol. The molecule has 43 heavy (non-hydrogen) atoms. The Labute approximate surface area is 251 Å². The van der Waals surface area contributed by atoms with E-state index in [1.54, 1.807) is 20.8 Å². The second-order valence-electron chi connectivity index (χ2n) is 11.4. The van der Waals surface area contributed by atoms with Crippen LogP contribution in [0.1, 0.15) is 61.1 Å². The van der Waals surface area contributed by atoms with Crippen LogP contribution in [-0.2, 0) is 19.8 Å². The molecule has 1 aliphatic carbocycles. The third kappa shape index (κ3) is 6.56. The fourth-order valence-electron chi connectivity index (χ4n) is 4.84. The Hall–Kier alpha value is -4.26. The van der Waals surface area contributed by atoms with Gasteiger partial charge in [0.25, 0.3) is 5.91 Å². The van der Waals surface area contributed by atoms with Crippen LogP contribution in [0.3, 0.4) is 0 Å². The van der Waals surface area contributed by atoms with E-state index in [9.17, 15) is 33.1 Å². The number of ether oxygens (including phenoxy) is 2. The first-order valence-electron chi connectivity index (χ1n) is 13.3. The zero-order valence-electron chi connectivity index (χ0n) is 24.1. The molecule has 2 aromatic rings. The number of amides is 3. The summed E-state index contributed by atoms with van der Waals surface area (Å²) in [6.07, 6.45) is -0.815. The fourth-order valence-corrected chi connectivity index (χ4v) is 5.17. The Morgan fingerprint density at radius 3 is 2.35 bits per heavy atom. The zero-order valence-corrected chi connectivity index (χ0v) is 24.9. The van der Waals surface area contributed by atoms with E-state index in [1.807, 2.05) is 0 Å². The lowest BCUT2D eigenvalue weighted by molar-refractivity contribution is -0.134. The molecular weight excluding hydrogens is 590 g/mol. The van der Waals surface area contributed by atoms with Gasteiger partial charge in [-0.2, -0.15) is 0 Å². The number of benzene rings is 2. The number of carbonyl (C=O) groups excluding carboxylic acids is 3. The van der Waals surface area contributed by atoms with Crippen LogP contribution in [0.2, 0.25) is 5.02 Å². The van der Waals surface area contributed by atoms with Crippen LogP contribution < -0.4 is 5.32 Å². The van der Waals surface area contributed by atoms with Crippen LogP contribution in [0.4, 0.5) is 18.4 Å². The Balaban J connectivity index is 1.92. The summed E-state index contributed by atoms with van der Waals surface area (Å²) in [6, 6.07) is 5.38. The molecular formula is C29H31ClF2N4O7. The normalized spacial score (nSPS) is 19.0. The van der Waals surface area contributed by atoms with Gasteiger partial charge < -0.3 is 19.5 Å². The summed E-state index contributed by atoms with van der Waals surface area (Å²) in [5, 5.41) is 11.9. The molecule has 2 N–H and O–H groups in total. The molecule has 230 valence electrons. The van der Waals surface area contributed by atoms with Crippen LogP contribution in [-0.4, -0.2) is 71.2 Å². The molecule has 14 heteroatoms. The van der Waals surface area contributed by atoms with E-state index in [0.717, 1.165) is 21.9 Å². The van der Waals surface area contributed by atoms with Gasteiger partial charge in [0.15, 0.2) is 5.54 Å². The average molecular weight is 621 g/mol. The van der Waals surface area contributed by atoms with E-state index in [1.165, 1.54) is 32.3 Å². The smallest absolute Gasteiger partial charge is 0.414 e. The number of carbonyl (C=O) groups is 4. The molecule has 1 heterocycles. The maximum absolute atomic E-state index is 14.6. The van der Waals surface area contributed by atoms with Crippen LogP contribution in [0.15, 0.2) is 41.4 Å². The molecule has 3 amide bonds. The third-order valence-electron chi connectivity index (χ3n) is 6.80. The van der Waals surface area contributed by atoms with Gasteiger partial charge in [0.05, 0.1) is 10.6 Å². The summed E-state index contributed by atoms with van der Waals surface area (Å²) in [6.45, 7) is 4.31. The van der Waals surface area contributed by atoms with Gasteiger partial charge in [-0.05, 0) is 68.9 Å². The van der Waals surface area contributed by atoms with E-state index in [2.05, 4.69) is 10.3 Å². The first-order valence-corrected chi connectivity index (χ1v) is 13.7. The Kier molecular flexibility index (Phi) is 8.68. The number of guanidine groups is 1. The van der Waals surface area contributed by atoms with Crippen molar-refractivity contribution in [1.29, 1.82) is 0 Å². The molecule has 0 bridgehead atoms. The number of carboxylic acid groups (broad SMARTS) is 1. The maximum Gasteiger partial charge on any atom is 0.414 e. The number of aromatic carboxylic acids is 1. The number of nitrogens with one attached hydrogen (secondary N) is 1. The Morgan fingerprint density at radius 1 is 1.19 bits per heavy atom. The summed E-state index contributed by atoms with van der Waals surface area (Å²) in [5.41, 5.74) is -3.14. The summed E-state index contributed by atoms with van der Waals surface area (Å²) in [7, 11) is 2.87. The molecule has 0 unspecified atom stereocenters. The number of aliphatic imine (C=N–C) groups is 1. The largest absolute Gasteiger partial charge is 0.478 e. The fraction of sp³-hybridized carbons (Fsp3) is 0.414. The molecule has 0 radical (unpaired) electrons. The SMILES string of the molecule is CN(C)C(=O)OC[C@H](c1cccc(C(=O)O)c1Cl)N1C(=O)[C@](c2cc(F)cc(F)c2)(C2CC2)N=C1NC(=O)OC(C)(C)C. The highest BCUT2D eigenvalue weighted by Gasteiger charge is 2.60. The summed E-state index contributed by atoms with van der Waals surface area (Å²) in [5.74, 6) is -4.88. The second kappa shape index (κ2) is 11.8. The molecule has 4 rings (SSSR count). The quantitative estimate of drug-likeness (QED) is 0.440. The van der Waals surface area contributed by atoms with Crippen molar-refractivity contribution >= 4 is 41.6 Å². The lowest BCUT2D eigenvalue weighted by atomic mass is 9.84. The van der Waals surface area contributed by atoms with E-state index in [-0.39, 0.29) is 27.7 Å². The second-order valence-corrected chi connectivity index (χ2v) is 11.8. The van der Waals surface area contributed by atoms with Gasteiger partial charge in [0, 0.05) is 20.2 Å². The van der Waals surface area contributed by atoms with Crippen molar-refractivity contribution in [1.82, 2.24) is 15.1 Å². The zero-order chi connectivity index (χ0) is 31.9. The topological polar surface area (TPSA) is 138 Å². The van der Waals surface area contributed by atoms with E-state index >= 15 is 0 Å². The van der Waals surface area contributed by atoms with Crippen molar-refractivity contribution < 1.29 is 42.5 Å². The highest BCUT2D eigenvalue weighted by atomic mass is 35.5. The van der Waals surface area contributed by atoms with Crippen LogP contribution in [0, 0.1) is 17.6 Å². The van der Waals surface area contributed by atoms with Gasteiger partial charge >= 0.3 is 18.2 Å². The standard InChI is InChI=1S/C29H31ClF2N4O7/c1-28(2,3)43-26(40)33-25-34-29(15-9-10-15,16-11-17(31)13-18(32)12-16)24(39)36(25)21(14-42-27(41)35(4)5)19-7-6-8-20(22(19)30)23(37)38/h6-8,11-13,15,21H,9-10,14H2,1-5H3,(H,37,38)(H,33,34,40)/t21-,29-/m1/s1. The van der Waals surface area contributed by atoms with Crippen molar-refractivity contribution in [3.8, 4) is 0 Å². The molecule has 2 aromatic carbocycles. The van der Waals surface area contributed by atoms with Gasteiger partial charge in [-0.15, -0.1) is 0 Å². The highest BCUT2D eigenvalue weighted by molar-refractivity contribution is 6.34. The lowest BCUT2D eigenvalue weighted by Gasteiger charge is -2.33. The first kappa shape index (κ1) is 31.7. The van der Waals surface area contributed by atoms with Gasteiger partial charge in [-0.1, -0.05) is 23.7 Å². The van der Waals surface area contributed by atoms with Crippen LogP contribution in [0.25, 0.3) is 0 Å². The summed E-state index contributed by atoms with van der Waals surface area (Å²) < 4.78 is 39.8. The van der Waals surface area contributed by atoms with Crippen molar-refractivity contribution in [3.63, 3.8) is 0 Å². The number of rotatable bonds is 7. The molecule has 11 nitrogen and oxygen atoms in total. The van der Waals surface area contributed by atoms with Gasteiger partial charge in [0.1, 0.15) is 29.9 Å². The minimum Gasteiger partial charge on any atom is -0.478 e. The van der Waals surface area contributed by atoms with Crippen molar-refractivity contribution in [2.45, 2.75) is 50.8 Å². The molecule has 1 fully saturated rings. The molecule has 1 saturated carbocycles. The third-order valence-corrected chi connectivity index (χ3v) is 7.22. The van der Waals surface area contributed by atoms with Gasteiger partial charge in [-0.3, -0.25) is 15.0 Å². The van der Waals surface area contributed by atoms with Crippen LogP contribution in [0.5, 0.6) is 0 Å². The summed E-state index contributed by atoms with van der Waals surface area (Å²) >= 11 is 6.53.